The Labute approximate surface area is 118 Å². The quantitative estimate of drug-likeness (QED) is 0.778. The van der Waals surface area contributed by atoms with Crippen LogP contribution in [-0.4, -0.2) is 28.8 Å². The van der Waals surface area contributed by atoms with E-state index >= 15 is 0 Å². The van der Waals surface area contributed by atoms with Crippen LogP contribution in [0.3, 0.4) is 0 Å². The second-order valence-electron chi connectivity index (χ2n) is 6.26. The summed E-state index contributed by atoms with van der Waals surface area (Å²) >= 11 is 0.438. The minimum absolute atomic E-state index is 0.337. The first-order valence-electron chi connectivity index (χ1n) is 6.61. The van der Waals surface area contributed by atoms with Crippen molar-refractivity contribution in [1.29, 1.82) is 0 Å². The Bertz CT molecular complexity index is 438. The molecule has 1 aromatic rings. The summed E-state index contributed by atoms with van der Waals surface area (Å²) in [6.45, 7) is 9.10. The summed E-state index contributed by atoms with van der Waals surface area (Å²) in [5.41, 5.74) is 0. The van der Waals surface area contributed by atoms with Gasteiger partial charge in [-0.1, -0.05) is 0 Å². The maximum atomic E-state index is 11.9. The van der Waals surface area contributed by atoms with Crippen LogP contribution < -0.4 is 4.46 Å². The van der Waals surface area contributed by atoms with E-state index in [1.807, 2.05) is 0 Å². The minimum atomic E-state index is -1.33. The standard InChI is InChI=1S/C15H22OSeSi/c1-12(16)14-10-11-15(14,18(2,3)4)17-13-8-6-5-7-9-13/h5-9,14H,10-11H2,1-4H3/t14-,15+/m1/s1. The summed E-state index contributed by atoms with van der Waals surface area (Å²) in [7, 11) is -1.33. The molecule has 1 saturated carbocycles. The van der Waals surface area contributed by atoms with E-state index in [-0.39, 0.29) is 0 Å². The van der Waals surface area contributed by atoms with Gasteiger partial charge in [-0.05, 0) is 0 Å². The maximum absolute atomic E-state index is 11.9. The van der Waals surface area contributed by atoms with Crippen LogP contribution in [-0.2, 0) is 4.79 Å². The zero-order valence-electron chi connectivity index (χ0n) is 11.7. The second-order valence-corrected chi connectivity index (χ2v) is 15.4. The van der Waals surface area contributed by atoms with Crippen LogP contribution >= 0.6 is 0 Å². The molecule has 1 aliphatic carbocycles. The van der Waals surface area contributed by atoms with Crippen LogP contribution in [0.4, 0.5) is 0 Å². The number of rotatable bonds is 4. The molecule has 1 aliphatic rings. The molecule has 2 atom stereocenters. The van der Waals surface area contributed by atoms with Crippen LogP contribution in [0.25, 0.3) is 0 Å². The number of benzene rings is 1. The predicted octanol–water partition coefficient (Wildman–Crippen LogP) is 3.05. The molecular formula is C15H22OSeSi. The van der Waals surface area contributed by atoms with Crippen molar-refractivity contribution in [2.24, 2.45) is 5.92 Å². The summed E-state index contributed by atoms with van der Waals surface area (Å²) in [6, 6.07) is 10.8. The molecule has 0 spiro atoms. The third-order valence-electron chi connectivity index (χ3n) is 4.17. The number of carbonyl (C=O) groups is 1. The van der Waals surface area contributed by atoms with Crippen molar-refractivity contribution in [2.45, 2.75) is 43.3 Å². The first-order chi connectivity index (χ1) is 8.37. The topological polar surface area (TPSA) is 17.1 Å². The summed E-state index contributed by atoms with van der Waals surface area (Å²) in [5.74, 6) is 0.755. The van der Waals surface area contributed by atoms with Gasteiger partial charge < -0.3 is 0 Å². The molecule has 18 heavy (non-hydrogen) atoms. The monoisotopic (exact) mass is 326 g/mol. The predicted molar refractivity (Wildman–Crippen MR) is 81.3 cm³/mol. The van der Waals surface area contributed by atoms with Crippen molar-refractivity contribution < 1.29 is 4.79 Å². The summed E-state index contributed by atoms with van der Waals surface area (Å²) < 4.78 is 1.81. The number of hydrogen-bond donors (Lipinski definition) is 0. The summed E-state index contributed by atoms with van der Waals surface area (Å²) in [4.78, 5) is 11.9. The van der Waals surface area contributed by atoms with Crippen LogP contribution in [0.15, 0.2) is 30.3 Å². The van der Waals surface area contributed by atoms with Gasteiger partial charge in [-0.15, -0.1) is 0 Å². The van der Waals surface area contributed by atoms with Crippen LogP contribution in [0.2, 0.25) is 23.6 Å². The fraction of sp³-hybridized carbons (Fsp3) is 0.533. The van der Waals surface area contributed by atoms with Gasteiger partial charge in [0.1, 0.15) is 0 Å². The molecule has 0 heterocycles. The van der Waals surface area contributed by atoms with Gasteiger partial charge >= 0.3 is 118 Å². The Kier molecular flexibility index (Phi) is 3.87. The normalized spacial score (nSPS) is 27.7. The molecule has 1 aromatic carbocycles. The van der Waals surface area contributed by atoms with Gasteiger partial charge in [0, 0.05) is 0 Å². The zero-order chi connectivity index (χ0) is 13.4. The molecule has 1 fully saturated rings. The van der Waals surface area contributed by atoms with E-state index in [0.29, 0.717) is 30.6 Å². The van der Waals surface area contributed by atoms with E-state index in [1.165, 1.54) is 10.9 Å². The fourth-order valence-corrected chi connectivity index (χ4v) is 10.9. The number of Topliss-reactive ketones (excluding diaryl/α,β-unsaturated/α-hetero) is 1. The van der Waals surface area contributed by atoms with E-state index in [9.17, 15) is 4.79 Å². The van der Waals surface area contributed by atoms with E-state index < -0.39 is 8.07 Å². The molecule has 0 radical (unpaired) electrons. The molecule has 98 valence electrons. The molecule has 2 rings (SSSR count). The summed E-state index contributed by atoms with van der Waals surface area (Å²) in [6.07, 6.45) is 2.38. The van der Waals surface area contributed by atoms with Gasteiger partial charge in [0.25, 0.3) is 0 Å². The molecule has 3 heteroatoms. The van der Waals surface area contributed by atoms with Crippen LogP contribution in [0.1, 0.15) is 19.8 Å². The molecular weight excluding hydrogens is 303 g/mol. The molecule has 0 amide bonds. The average molecular weight is 325 g/mol. The van der Waals surface area contributed by atoms with Crippen LogP contribution in [0.5, 0.6) is 0 Å². The molecule has 0 bridgehead atoms. The molecule has 0 unspecified atom stereocenters. The van der Waals surface area contributed by atoms with E-state index in [1.54, 1.807) is 6.92 Å². The molecule has 0 aliphatic heterocycles. The number of carbonyl (C=O) groups excluding carboxylic acids is 1. The van der Waals surface area contributed by atoms with Crippen molar-refractivity contribution in [1.82, 2.24) is 0 Å². The number of ketones is 1. The number of hydrogen-bond acceptors (Lipinski definition) is 1. The molecule has 1 nitrogen and oxygen atoms in total. The molecule has 0 N–H and O–H groups in total. The third-order valence-corrected chi connectivity index (χ3v) is 14.5. The van der Waals surface area contributed by atoms with E-state index in [2.05, 4.69) is 50.0 Å². The van der Waals surface area contributed by atoms with E-state index in [4.69, 9.17) is 0 Å². The Morgan fingerprint density at radius 2 is 1.89 bits per heavy atom. The third kappa shape index (κ3) is 2.36. The molecule has 0 saturated heterocycles. The van der Waals surface area contributed by atoms with Gasteiger partial charge in [-0.2, -0.15) is 0 Å². The van der Waals surface area contributed by atoms with E-state index in [0.717, 1.165) is 6.42 Å². The van der Waals surface area contributed by atoms with Gasteiger partial charge in [-0.25, -0.2) is 0 Å². The summed E-state index contributed by atoms with van der Waals surface area (Å²) in [5, 5.41) is 0. The van der Waals surface area contributed by atoms with Gasteiger partial charge in [0.15, 0.2) is 0 Å². The van der Waals surface area contributed by atoms with Crippen LogP contribution in [0, 0.1) is 5.92 Å². The Morgan fingerprint density at radius 1 is 1.28 bits per heavy atom. The van der Waals surface area contributed by atoms with Gasteiger partial charge in [0.05, 0.1) is 0 Å². The fourth-order valence-electron chi connectivity index (χ4n) is 2.95. The van der Waals surface area contributed by atoms with Crippen molar-refractivity contribution >= 4 is 33.3 Å². The molecule has 0 aromatic heterocycles. The Balaban J connectivity index is 2.31. The second kappa shape index (κ2) is 4.95. The van der Waals surface area contributed by atoms with Gasteiger partial charge in [-0.3, -0.25) is 0 Å². The van der Waals surface area contributed by atoms with Crippen molar-refractivity contribution in [3.05, 3.63) is 30.3 Å². The van der Waals surface area contributed by atoms with Crippen molar-refractivity contribution in [2.75, 3.05) is 0 Å². The van der Waals surface area contributed by atoms with Crippen molar-refractivity contribution in [3.8, 4) is 0 Å². The Hall–Kier alpha value is -0.374. The van der Waals surface area contributed by atoms with Crippen molar-refractivity contribution in [3.63, 3.8) is 0 Å². The Morgan fingerprint density at radius 3 is 2.28 bits per heavy atom. The SMILES string of the molecule is CC(=O)[C@H]1CC[C@]1([Se]c1ccccc1)[Si](C)(C)C. The first kappa shape index (κ1) is 14.0. The average Bonchev–Trinajstić information content (AvgIpc) is 2.23. The first-order valence-corrected chi connectivity index (χ1v) is 11.8. The van der Waals surface area contributed by atoms with Gasteiger partial charge in [0.2, 0.25) is 0 Å². The zero-order valence-corrected chi connectivity index (χ0v) is 14.4.